The molecule has 1 aliphatic heterocycles. The smallest absolute Gasteiger partial charge is 0.123 e. The zero-order valence-corrected chi connectivity index (χ0v) is 10.9. The first-order chi connectivity index (χ1) is 8.80. The van der Waals surface area contributed by atoms with Gasteiger partial charge in [0.05, 0.1) is 0 Å². The van der Waals surface area contributed by atoms with Crippen molar-refractivity contribution < 1.29 is 4.39 Å². The molecule has 1 spiro atoms. The first-order valence-corrected chi connectivity index (χ1v) is 7.26. The molecule has 2 fully saturated rings. The molecular weight excluding hydrogens is 225 g/mol. The van der Waals surface area contributed by atoms with Gasteiger partial charge in [0.2, 0.25) is 0 Å². The molecule has 0 radical (unpaired) electrons. The van der Waals surface area contributed by atoms with E-state index in [1.54, 1.807) is 12.1 Å². The van der Waals surface area contributed by atoms with E-state index in [1.165, 1.54) is 44.1 Å². The zero-order chi connectivity index (χ0) is 12.4. The fraction of sp³-hybridized carbons (Fsp3) is 0.625. The Bertz CT molecular complexity index is 384. The number of benzene rings is 1. The molecule has 1 N–H and O–H groups in total. The highest BCUT2D eigenvalue weighted by Gasteiger charge is 2.41. The third-order valence-corrected chi connectivity index (χ3v) is 5.01. The van der Waals surface area contributed by atoms with Gasteiger partial charge in [0.1, 0.15) is 5.82 Å². The van der Waals surface area contributed by atoms with Crippen LogP contribution in [0.1, 0.15) is 50.0 Å². The van der Waals surface area contributed by atoms with Gasteiger partial charge < -0.3 is 5.32 Å². The van der Waals surface area contributed by atoms with Crippen LogP contribution in [-0.2, 0) is 0 Å². The number of hydrogen-bond donors (Lipinski definition) is 1. The van der Waals surface area contributed by atoms with Crippen LogP contribution in [0.5, 0.6) is 0 Å². The van der Waals surface area contributed by atoms with Gasteiger partial charge in [-0.1, -0.05) is 31.4 Å². The van der Waals surface area contributed by atoms with E-state index in [-0.39, 0.29) is 5.82 Å². The molecule has 2 aliphatic rings. The molecule has 1 saturated heterocycles. The van der Waals surface area contributed by atoms with Crippen LogP contribution in [-0.4, -0.2) is 13.1 Å². The lowest BCUT2D eigenvalue weighted by Gasteiger charge is -2.47. The van der Waals surface area contributed by atoms with Gasteiger partial charge in [-0.15, -0.1) is 0 Å². The lowest BCUT2D eigenvalue weighted by atomic mass is 9.61. The zero-order valence-electron chi connectivity index (χ0n) is 10.9. The second-order valence-corrected chi connectivity index (χ2v) is 5.98. The minimum absolute atomic E-state index is 0.125. The molecule has 1 aromatic rings. The summed E-state index contributed by atoms with van der Waals surface area (Å²) in [4.78, 5) is 0. The molecule has 2 heteroatoms. The summed E-state index contributed by atoms with van der Waals surface area (Å²) in [5.41, 5.74) is 1.81. The monoisotopic (exact) mass is 247 g/mol. The van der Waals surface area contributed by atoms with Crippen molar-refractivity contribution >= 4 is 0 Å². The molecule has 1 atom stereocenters. The van der Waals surface area contributed by atoms with Crippen molar-refractivity contribution in [1.29, 1.82) is 0 Å². The Morgan fingerprint density at radius 1 is 1.00 bits per heavy atom. The van der Waals surface area contributed by atoms with Gasteiger partial charge in [-0.3, -0.25) is 0 Å². The molecule has 98 valence electrons. The van der Waals surface area contributed by atoms with Crippen molar-refractivity contribution in [3.05, 3.63) is 35.6 Å². The van der Waals surface area contributed by atoms with Gasteiger partial charge >= 0.3 is 0 Å². The summed E-state index contributed by atoms with van der Waals surface area (Å²) in [6.07, 6.45) is 8.14. The predicted molar refractivity (Wildman–Crippen MR) is 72.1 cm³/mol. The highest BCUT2D eigenvalue weighted by Crippen LogP contribution is 2.50. The Kier molecular flexibility index (Phi) is 3.38. The molecular formula is C16H22FN. The SMILES string of the molecule is Fc1ccc(C2CNCCC23CCCCC3)cc1. The van der Waals surface area contributed by atoms with Crippen LogP contribution in [0.3, 0.4) is 0 Å². The Morgan fingerprint density at radius 3 is 2.44 bits per heavy atom. The first-order valence-electron chi connectivity index (χ1n) is 7.26. The minimum atomic E-state index is -0.125. The Morgan fingerprint density at radius 2 is 1.72 bits per heavy atom. The Hall–Kier alpha value is -0.890. The number of piperidine rings is 1. The summed E-state index contributed by atoms with van der Waals surface area (Å²) in [5, 5.41) is 3.53. The highest BCUT2D eigenvalue weighted by atomic mass is 19.1. The van der Waals surface area contributed by atoms with Crippen molar-refractivity contribution in [2.24, 2.45) is 5.41 Å². The molecule has 1 aromatic carbocycles. The van der Waals surface area contributed by atoms with Gasteiger partial charge in [0.15, 0.2) is 0 Å². The van der Waals surface area contributed by atoms with Gasteiger partial charge in [-0.2, -0.15) is 0 Å². The maximum absolute atomic E-state index is 13.1. The van der Waals surface area contributed by atoms with Crippen molar-refractivity contribution in [2.75, 3.05) is 13.1 Å². The van der Waals surface area contributed by atoms with E-state index >= 15 is 0 Å². The van der Waals surface area contributed by atoms with E-state index in [0.29, 0.717) is 11.3 Å². The quantitative estimate of drug-likeness (QED) is 0.794. The molecule has 1 unspecified atom stereocenters. The molecule has 3 rings (SSSR count). The van der Waals surface area contributed by atoms with Crippen LogP contribution >= 0.6 is 0 Å². The predicted octanol–water partition coefficient (Wildman–Crippen LogP) is 3.85. The summed E-state index contributed by atoms with van der Waals surface area (Å²) in [7, 11) is 0. The summed E-state index contributed by atoms with van der Waals surface area (Å²) in [6.45, 7) is 2.21. The molecule has 0 amide bonds. The van der Waals surface area contributed by atoms with E-state index in [0.717, 1.165) is 13.1 Å². The second-order valence-electron chi connectivity index (χ2n) is 5.98. The third-order valence-electron chi connectivity index (χ3n) is 5.01. The van der Waals surface area contributed by atoms with Gasteiger partial charge in [-0.05, 0) is 48.9 Å². The van der Waals surface area contributed by atoms with Crippen LogP contribution < -0.4 is 5.32 Å². The number of rotatable bonds is 1. The van der Waals surface area contributed by atoms with E-state index in [2.05, 4.69) is 5.32 Å². The van der Waals surface area contributed by atoms with E-state index in [4.69, 9.17) is 0 Å². The average molecular weight is 247 g/mol. The summed E-state index contributed by atoms with van der Waals surface area (Å²) in [5.74, 6) is 0.451. The van der Waals surface area contributed by atoms with Crippen molar-refractivity contribution in [3.8, 4) is 0 Å². The topological polar surface area (TPSA) is 12.0 Å². The van der Waals surface area contributed by atoms with Crippen LogP contribution in [0, 0.1) is 11.2 Å². The van der Waals surface area contributed by atoms with Gasteiger partial charge in [0, 0.05) is 12.5 Å². The number of nitrogens with one attached hydrogen (secondary N) is 1. The van der Waals surface area contributed by atoms with Crippen molar-refractivity contribution in [3.63, 3.8) is 0 Å². The number of halogens is 1. The van der Waals surface area contributed by atoms with Crippen LogP contribution in [0.4, 0.5) is 4.39 Å². The fourth-order valence-corrected chi connectivity index (χ4v) is 4.00. The average Bonchev–Trinajstić information content (AvgIpc) is 2.42. The molecule has 0 aromatic heterocycles. The summed E-state index contributed by atoms with van der Waals surface area (Å²) < 4.78 is 13.1. The van der Waals surface area contributed by atoms with Crippen molar-refractivity contribution in [2.45, 2.75) is 44.4 Å². The molecule has 0 bridgehead atoms. The van der Waals surface area contributed by atoms with Crippen LogP contribution in [0.15, 0.2) is 24.3 Å². The maximum Gasteiger partial charge on any atom is 0.123 e. The second kappa shape index (κ2) is 5.00. The fourth-order valence-electron chi connectivity index (χ4n) is 4.00. The van der Waals surface area contributed by atoms with E-state index < -0.39 is 0 Å². The van der Waals surface area contributed by atoms with Crippen LogP contribution in [0.25, 0.3) is 0 Å². The largest absolute Gasteiger partial charge is 0.316 e. The molecule has 1 heterocycles. The van der Waals surface area contributed by atoms with Gasteiger partial charge in [-0.25, -0.2) is 4.39 Å². The normalized spacial score (nSPS) is 27.3. The standard InChI is InChI=1S/C16H22FN/c17-14-6-4-13(5-7-14)15-12-18-11-10-16(15)8-2-1-3-9-16/h4-7,15,18H,1-3,8-12H2. The molecule has 1 aliphatic carbocycles. The summed E-state index contributed by atoms with van der Waals surface area (Å²) in [6, 6.07) is 7.20. The lowest BCUT2D eigenvalue weighted by molar-refractivity contribution is 0.103. The van der Waals surface area contributed by atoms with Gasteiger partial charge in [0.25, 0.3) is 0 Å². The third kappa shape index (κ3) is 2.18. The summed E-state index contributed by atoms with van der Waals surface area (Å²) >= 11 is 0. The highest BCUT2D eigenvalue weighted by molar-refractivity contribution is 5.24. The molecule has 1 saturated carbocycles. The van der Waals surface area contributed by atoms with E-state index in [9.17, 15) is 4.39 Å². The number of hydrogen-bond acceptors (Lipinski definition) is 1. The van der Waals surface area contributed by atoms with Crippen LogP contribution in [0.2, 0.25) is 0 Å². The van der Waals surface area contributed by atoms with E-state index in [1.807, 2.05) is 12.1 Å². The Balaban J connectivity index is 1.89. The molecule has 18 heavy (non-hydrogen) atoms. The minimum Gasteiger partial charge on any atom is -0.316 e. The first kappa shape index (κ1) is 12.2. The Labute approximate surface area is 109 Å². The maximum atomic E-state index is 13.1. The lowest BCUT2D eigenvalue weighted by Crippen LogP contribution is -2.44. The van der Waals surface area contributed by atoms with Crippen molar-refractivity contribution in [1.82, 2.24) is 5.32 Å². The molecule has 1 nitrogen and oxygen atoms in total.